The quantitative estimate of drug-likeness (QED) is 0.276. The van der Waals surface area contributed by atoms with Gasteiger partial charge in [0.15, 0.2) is 0 Å². The lowest BCUT2D eigenvalue weighted by Crippen LogP contribution is -2.63. The highest BCUT2D eigenvalue weighted by Gasteiger charge is 2.60. The van der Waals surface area contributed by atoms with E-state index in [9.17, 15) is 29.9 Å². The summed E-state index contributed by atoms with van der Waals surface area (Å²) in [7, 11) is 1.79. The Kier molecular flexibility index (Phi) is 7.66. The smallest absolute Gasteiger partial charge is 0.410 e. The number of ether oxygens (including phenoxy) is 1. The molecule has 3 aliphatic heterocycles. The van der Waals surface area contributed by atoms with Crippen molar-refractivity contribution < 1.29 is 33.9 Å². The molecule has 3 aliphatic rings. The summed E-state index contributed by atoms with van der Waals surface area (Å²) in [6, 6.07) is 1.60. The lowest BCUT2D eigenvalue weighted by molar-refractivity contribution is -0.697. The molecule has 11 nitrogen and oxygen atoms in total. The fraction of sp³-hybridized carbons (Fsp3) is 0.560. The molecule has 0 bridgehead atoms. The monoisotopic (exact) mass is 530 g/mol. The maximum absolute atomic E-state index is 12.8. The van der Waals surface area contributed by atoms with Crippen LogP contribution in [0.25, 0.3) is 0 Å². The summed E-state index contributed by atoms with van der Waals surface area (Å²) in [6.45, 7) is 8.07. The number of aliphatic hydroxyl groups is 1. The average Bonchev–Trinajstić information content (AvgIpc) is 3.49. The van der Waals surface area contributed by atoms with E-state index in [0.717, 1.165) is 0 Å². The number of nitrogens with zero attached hydrogens (tertiary/aromatic N) is 5. The van der Waals surface area contributed by atoms with Crippen molar-refractivity contribution in [3.05, 3.63) is 41.5 Å². The van der Waals surface area contributed by atoms with Crippen LogP contribution in [0.3, 0.4) is 0 Å². The maximum Gasteiger partial charge on any atom is 0.410 e. The third-order valence-corrected chi connectivity index (χ3v) is 8.86. The van der Waals surface area contributed by atoms with Gasteiger partial charge in [0.2, 0.25) is 17.9 Å². The lowest BCUT2D eigenvalue weighted by atomic mass is 9.79. The number of imidazole rings is 1. The highest BCUT2D eigenvalue weighted by Crippen LogP contribution is 2.52. The van der Waals surface area contributed by atoms with Gasteiger partial charge in [0.05, 0.1) is 31.7 Å². The molecule has 0 unspecified atom stereocenters. The number of aryl methyl sites for hydroxylation is 2. The molecule has 2 N–H and O–H groups in total. The minimum Gasteiger partial charge on any atom is -0.477 e. The van der Waals surface area contributed by atoms with Gasteiger partial charge in [-0.15, -0.1) is 11.8 Å². The standard InChI is InChI=1S/C25H31N5O6S/c1-5-8-36-25(35)29-12-18(9-16(29)6-7-28-11-17(10-26)27(4)13-28)37-22-14(2)20-19(15(3)31)23(32)30(20)21(22)24(33)34/h5,11,13-16,18-20,31H,1,6-9,12H2,2-4H3/p+1/t14-,15-,16-,18+,19-,20-/m1/s1. The van der Waals surface area contributed by atoms with Gasteiger partial charge in [-0.1, -0.05) is 19.6 Å². The molecule has 0 aliphatic carbocycles. The molecule has 37 heavy (non-hydrogen) atoms. The van der Waals surface area contributed by atoms with Crippen LogP contribution in [-0.2, 0) is 27.9 Å². The molecule has 12 heteroatoms. The molecule has 2 fully saturated rings. The molecule has 4 heterocycles. The normalized spacial score (nSPS) is 27.5. The summed E-state index contributed by atoms with van der Waals surface area (Å²) in [4.78, 5) is 41.2. The van der Waals surface area contributed by atoms with Crippen molar-refractivity contribution in [1.82, 2.24) is 14.4 Å². The Balaban J connectivity index is 1.52. The number of β-lactam (4-membered cyclic amide) rings is 1. The molecule has 0 spiro atoms. The third kappa shape index (κ3) is 4.85. The number of carbonyl (C=O) groups excluding carboxylic acids is 2. The first-order valence-electron chi connectivity index (χ1n) is 12.2. The Labute approximate surface area is 219 Å². The zero-order chi connectivity index (χ0) is 27.0. The van der Waals surface area contributed by atoms with Crippen LogP contribution in [0.1, 0.15) is 32.4 Å². The number of rotatable bonds is 9. The van der Waals surface area contributed by atoms with E-state index in [2.05, 4.69) is 12.6 Å². The van der Waals surface area contributed by atoms with E-state index >= 15 is 0 Å². The van der Waals surface area contributed by atoms with E-state index in [1.807, 2.05) is 17.8 Å². The largest absolute Gasteiger partial charge is 0.477 e. The van der Waals surface area contributed by atoms with E-state index in [1.54, 1.807) is 29.6 Å². The average molecular weight is 531 g/mol. The fourth-order valence-corrected chi connectivity index (χ4v) is 7.19. The van der Waals surface area contributed by atoms with Crippen LogP contribution in [0.2, 0.25) is 0 Å². The number of carboxylic acids is 1. The number of aliphatic carboxylic acids is 1. The molecule has 1 aromatic rings. The van der Waals surface area contributed by atoms with Gasteiger partial charge in [-0.3, -0.25) is 4.79 Å². The summed E-state index contributed by atoms with van der Waals surface area (Å²) in [6.07, 6.45) is 5.01. The van der Waals surface area contributed by atoms with Crippen molar-refractivity contribution in [2.45, 2.75) is 56.7 Å². The summed E-state index contributed by atoms with van der Waals surface area (Å²) in [5, 5.41) is 29.1. The number of hydrogen-bond acceptors (Lipinski definition) is 7. The predicted molar refractivity (Wildman–Crippen MR) is 133 cm³/mol. The van der Waals surface area contributed by atoms with Crippen molar-refractivity contribution in [2.75, 3.05) is 13.2 Å². The SMILES string of the molecule is C=CCOC(=O)N1C[C@@H](SC2=C(C(=O)O)N3C(=O)[C@H]([C@@H](C)O)[C@H]3[C@H]2C)C[C@H]1CC[n+]1cc(C#N)n(C)c1. The van der Waals surface area contributed by atoms with Crippen LogP contribution < -0.4 is 4.57 Å². The Morgan fingerprint density at radius 3 is 2.78 bits per heavy atom. The van der Waals surface area contributed by atoms with Crippen LogP contribution in [0.15, 0.2) is 35.8 Å². The van der Waals surface area contributed by atoms with Gasteiger partial charge in [0.25, 0.3) is 0 Å². The molecule has 2 amide bonds. The first kappa shape index (κ1) is 26.8. The number of likely N-dealkylation sites (tertiary alicyclic amines) is 1. The zero-order valence-electron chi connectivity index (χ0n) is 21.1. The molecule has 198 valence electrons. The molecular weight excluding hydrogens is 498 g/mol. The molecule has 1 aromatic heterocycles. The van der Waals surface area contributed by atoms with Gasteiger partial charge >= 0.3 is 12.1 Å². The van der Waals surface area contributed by atoms with E-state index in [-0.39, 0.29) is 41.5 Å². The number of aliphatic hydroxyl groups excluding tert-OH is 1. The fourth-order valence-electron chi connectivity index (χ4n) is 5.62. The Morgan fingerprint density at radius 2 is 2.19 bits per heavy atom. The van der Waals surface area contributed by atoms with Crippen molar-refractivity contribution in [3.63, 3.8) is 0 Å². The van der Waals surface area contributed by atoms with E-state index < -0.39 is 24.1 Å². The molecule has 0 radical (unpaired) electrons. The minimum atomic E-state index is -1.17. The second kappa shape index (κ2) is 10.6. The van der Waals surface area contributed by atoms with Gasteiger partial charge < -0.3 is 24.7 Å². The summed E-state index contributed by atoms with van der Waals surface area (Å²) >= 11 is 1.40. The Bertz CT molecular complexity index is 1190. The highest BCUT2D eigenvalue weighted by atomic mass is 32.2. The minimum absolute atomic E-state index is 0.0162. The van der Waals surface area contributed by atoms with E-state index in [4.69, 9.17) is 4.74 Å². The summed E-state index contributed by atoms with van der Waals surface area (Å²) < 4.78 is 8.95. The van der Waals surface area contributed by atoms with Crippen molar-refractivity contribution in [2.24, 2.45) is 18.9 Å². The molecular formula is C25H32N5O6S+. The number of thioether (sulfide) groups is 1. The molecule has 6 atom stereocenters. The number of amides is 2. The van der Waals surface area contributed by atoms with Gasteiger partial charge in [-0.05, 0) is 13.3 Å². The Hall–Kier alpha value is -3.30. The van der Waals surface area contributed by atoms with Crippen LogP contribution in [-0.4, -0.2) is 79.1 Å². The van der Waals surface area contributed by atoms with Crippen molar-refractivity contribution in [3.8, 4) is 6.07 Å². The zero-order valence-corrected chi connectivity index (χ0v) is 21.9. The second-order valence-corrected chi connectivity index (χ2v) is 11.1. The second-order valence-electron chi connectivity index (χ2n) is 9.80. The number of carbonyl (C=O) groups is 3. The van der Waals surface area contributed by atoms with Crippen molar-refractivity contribution >= 4 is 29.7 Å². The maximum atomic E-state index is 12.8. The highest BCUT2D eigenvalue weighted by molar-refractivity contribution is 8.03. The number of fused-ring (bicyclic) bond motifs is 1. The van der Waals surface area contributed by atoms with Gasteiger partial charge in [0.1, 0.15) is 24.6 Å². The number of carboxylic acid groups (broad SMARTS) is 1. The van der Waals surface area contributed by atoms with Gasteiger partial charge in [-0.25, -0.2) is 18.7 Å². The topological polar surface area (TPSA) is 140 Å². The molecule has 4 rings (SSSR count). The lowest BCUT2D eigenvalue weighted by Gasteiger charge is -2.46. The van der Waals surface area contributed by atoms with Crippen LogP contribution in [0, 0.1) is 23.2 Å². The van der Waals surface area contributed by atoms with Crippen molar-refractivity contribution in [1.29, 1.82) is 5.26 Å². The van der Waals surface area contributed by atoms with Crippen LogP contribution >= 0.6 is 11.8 Å². The summed E-state index contributed by atoms with van der Waals surface area (Å²) in [5.74, 6) is -2.39. The van der Waals surface area contributed by atoms with Crippen LogP contribution in [0.4, 0.5) is 4.79 Å². The number of hydrogen-bond donors (Lipinski definition) is 2. The third-order valence-electron chi connectivity index (χ3n) is 7.36. The molecule has 2 saturated heterocycles. The Morgan fingerprint density at radius 1 is 1.46 bits per heavy atom. The predicted octanol–water partition coefficient (Wildman–Crippen LogP) is 1.23. The number of aromatic nitrogens is 2. The first-order valence-corrected chi connectivity index (χ1v) is 13.1. The number of nitriles is 1. The van der Waals surface area contributed by atoms with Crippen LogP contribution in [0.5, 0.6) is 0 Å². The molecule has 0 aromatic carbocycles. The van der Waals surface area contributed by atoms with E-state index in [1.165, 1.54) is 22.7 Å². The summed E-state index contributed by atoms with van der Waals surface area (Å²) in [5.41, 5.74) is 0.512. The van der Waals surface area contributed by atoms with Gasteiger partial charge in [0, 0.05) is 35.1 Å². The molecule has 0 saturated carbocycles. The van der Waals surface area contributed by atoms with E-state index in [0.29, 0.717) is 36.5 Å². The first-order chi connectivity index (χ1) is 17.6. The van der Waals surface area contributed by atoms with Gasteiger partial charge in [-0.2, -0.15) is 5.26 Å².